The van der Waals surface area contributed by atoms with Crippen LogP contribution in [0, 0.1) is 23.2 Å². The van der Waals surface area contributed by atoms with Crippen LogP contribution >= 0.6 is 0 Å². The molecule has 1 aromatic rings. The molecule has 1 saturated heterocycles. The summed E-state index contributed by atoms with van der Waals surface area (Å²) in [4.78, 5) is 18.0. The van der Waals surface area contributed by atoms with Gasteiger partial charge in [0.2, 0.25) is 5.91 Å². The van der Waals surface area contributed by atoms with Crippen molar-refractivity contribution in [1.82, 2.24) is 4.90 Å². The molecule has 0 aromatic heterocycles. The maximum Gasteiger partial charge on any atom is 0.230 e. The second-order valence-corrected chi connectivity index (χ2v) is 9.49. The Hall–Kier alpha value is -1.55. The fourth-order valence-electron chi connectivity index (χ4n) is 6.47. The van der Waals surface area contributed by atoms with Gasteiger partial charge in [0.1, 0.15) is 0 Å². The summed E-state index contributed by atoms with van der Waals surface area (Å²) in [5.74, 6) is 2.73. The number of amides is 1. The topological polar surface area (TPSA) is 35.6 Å². The first-order valence-corrected chi connectivity index (χ1v) is 10.4. The second-order valence-electron chi connectivity index (χ2n) is 9.49. The number of anilines is 2. The number of hydrogen-bond donors (Lipinski definition) is 1. The molecular weight excluding hydrogens is 322 g/mol. The van der Waals surface area contributed by atoms with Crippen molar-refractivity contribution in [3.05, 3.63) is 24.3 Å². The van der Waals surface area contributed by atoms with Gasteiger partial charge in [-0.15, -0.1) is 0 Å². The third-order valence-electron chi connectivity index (χ3n) is 7.51. The standard InChI is InChI=1S/C22H31N3O/c1-24-6-8-25(9-7-24)20-4-2-19(3-5-20)23-21(26)22-13-16-10-17(14-22)12-18(11-16)15-22/h2-5,16-18H,6-15H2,1H3,(H,23,26). The predicted octanol–water partition coefficient (Wildman–Crippen LogP) is 3.59. The van der Waals surface area contributed by atoms with Gasteiger partial charge in [0.15, 0.2) is 0 Å². The van der Waals surface area contributed by atoms with Gasteiger partial charge >= 0.3 is 0 Å². The molecule has 0 radical (unpaired) electrons. The maximum absolute atomic E-state index is 13.2. The Morgan fingerprint density at radius 3 is 2.00 bits per heavy atom. The number of hydrogen-bond acceptors (Lipinski definition) is 3. The van der Waals surface area contributed by atoms with Gasteiger partial charge in [-0.1, -0.05) is 0 Å². The zero-order valence-corrected chi connectivity index (χ0v) is 15.9. The lowest BCUT2D eigenvalue weighted by molar-refractivity contribution is -0.140. The van der Waals surface area contributed by atoms with Crippen LogP contribution in [0.4, 0.5) is 11.4 Å². The zero-order chi connectivity index (χ0) is 17.7. The molecule has 0 spiro atoms. The van der Waals surface area contributed by atoms with Gasteiger partial charge in [0, 0.05) is 37.6 Å². The van der Waals surface area contributed by atoms with Crippen LogP contribution in [0.15, 0.2) is 24.3 Å². The van der Waals surface area contributed by atoms with E-state index >= 15 is 0 Å². The van der Waals surface area contributed by atoms with Crippen molar-refractivity contribution in [2.24, 2.45) is 23.2 Å². The first kappa shape index (κ1) is 16.6. The van der Waals surface area contributed by atoms with Crippen LogP contribution in [0.3, 0.4) is 0 Å². The van der Waals surface area contributed by atoms with Crippen molar-refractivity contribution in [2.45, 2.75) is 38.5 Å². The molecule has 4 heteroatoms. The lowest BCUT2D eigenvalue weighted by Crippen LogP contribution is -2.51. The first-order valence-electron chi connectivity index (χ1n) is 10.4. The highest BCUT2D eigenvalue weighted by Crippen LogP contribution is 2.60. The Balaban J connectivity index is 1.26. The fourth-order valence-corrected chi connectivity index (χ4v) is 6.47. The van der Waals surface area contributed by atoms with Crippen molar-refractivity contribution >= 4 is 17.3 Å². The van der Waals surface area contributed by atoms with Crippen LogP contribution in [0.2, 0.25) is 0 Å². The van der Waals surface area contributed by atoms with E-state index in [1.165, 1.54) is 24.9 Å². The molecule has 140 valence electrons. The van der Waals surface area contributed by atoms with E-state index in [0.29, 0.717) is 5.91 Å². The number of carbonyl (C=O) groups excluding carboxylic acids is 1. The van der Waals surface area contributed by atoms with E-state index < -0.39 is 0 Å². The summed E-state index contributed by atoms with van der Waals surface area (Å²) >= 11 is 0. The van der Waals surface area contributed by atoms with Gasteiger partial charge in [0.25, 0.3) is 0 Å². The largest absolute Gasteiger partial charge is 0.369 e. The van der Waals surface area contributed by atoms with Crippen LogP contribution in [0.5, 0.6) is 0 Å². The van der Waals surface area contributed by atoms with Gasteiger partial charge in [-0.3, -0.25) is 4.79 Å². The average molecular weight is 354 g/mol. The minimum atomic E-state index is -0.0646. The summed E-state index contributed by atoms with van der Waals surface area (Å²) < 4.78 is 0. The summed E-state index contributed by atoms with van der Waals surface area (Å²) in [6, 6.07) is 8.51. The molecule has 1 aromatic carbocycles. The van der Waals surface area contributed by atoms with Gasteiger partial charge < -0.3 is 15.1 Å². The molecule has 6 rings (SSSR count). The molecular formula is C22H31N3O. The summed E-state index contributed by atoms with van der Waals surface area (Å²) in [6.07, 6.45) is 7.53. The number of nitrogens with one attached hydrogen (secondary N) is 1. The number of benzene rings is 1. The molecule has 0 unspecified atom stereocenters. The molecule has 1 N–H and O–H groups in total. The van der Waals surface area contributed by atoms with Crippen molar-refractivity contribution in [3.8, 4) is 0 Å². The Labute approximate surface area is 156 Å². The van der Waals surface area contributed by atoms with Gasteiger partial charge in [-0.05, 0) is 87.6 Å². The smallest absolute Gasteiger partial charge is 0.230 e. The molecule has 0 atom stereocenters. The van der Waals surface area contributed by atoms with E-state index in [1.807, 2.05) is 0 Å². The molecule has 4 bridgehead atoms. The first-order chi connectivity index (χ1) is 12.6. The normalized spacial score (nSPS) is 36.3. The van der Waals surface area contributed by atoms with E-state index in [4.69, 9.17) is 0 Å². The number of piperazine rings is 1. The molecule has 4 nitrogen and oxygen atoms in total. The third kappa shape index (κ3) is 2.92. The van der Waals surface area contributed by atoms with Crippen molar-refractivity contribution in [2.75, 3.05) is 43.4 Å². The third-order valence-corrected chi connectivity index (χ3v) is 7.51. The molecule has 1 aliphatic heterocycles. The van der Waals surface area contributed by atoms with Crippen LogP contribution in [-0.2, 0) is 4.79 Å². The van der Waals surface area contributed by atoms with Crippen molar-refractivity contribution in [3.63, 3.8) is 0 Å². The Morgan fingerprint density at radius 2 is 1.46 bits per heavy atom. The van der Waals surface area contributed by atoms with Crippen LogP contribution in [0.25, 0.3) is 0 Å². The zero-order valence-electron chi connectivity index (χ0n) is 15.9. The highest BCUT2D eigenvalue weighted by atomic mass is 16.2. The number of carbonyl (C=O) groups is 1. The van der Waals surface area contributed by atoms with E-state index in [-0.39, 0.29) is 5.41 Å². The summed E-state index contributed by atoms with van der Waals surface area (Å²) in [7, 11) is 2.18. The number of rotatable bonds is 3. The van der Waals surface area contributed by atoms with Gasteiger partial charge in [-0.25, -0.2) is 0 Å². The number of likely N-dealkylation sites (N-methyl/N-ethyl adjacent to an activating group) is 1. The highest BCUT2D eigenvalue weighted by molar-refractivity contribution is 5.95. The summed E-state index contributed by atoms with van der Waals surface area (Å²) in [5.41, 5.74) is 2.17. The predicted molar refractivity (Wildman–Crippen MR) is 105 cm³/mol. The molecule has 4 saturated carbocycles. The highest BCUT2D eigenvalue weighted by Gasteiger charge is 2.54. The average Bonchev–Trinajstić information content (AvgIpc) is 2.62. The second kappa shape index (κ2) is 6.26. The molecule has 5 fully saturated rings. The molecule has 1 heterocycles. The van der Waals surface area contributed by atoms with E-state index in [0.717, 1.165) is 68.9 Å². The Morgan fingerprint density at radius 1 is 0.923 bits per heavy atom. The number of nitrogens with zero attached hydrogens (tertiary/aromatic N) is 2. The summed E-state index contributed by atoms with van der Waals surface area (Å²) in [6.45, 7) is 4.39. The molecule has 4 aliphatic carbocycles. The Bertz CT molecular complexity index is 640. The maximum atomic E-state index is 13.2. The lowest BCUT2D eigenvalue weighted by Gasteiger charge is -2.55. The van der Waals surface area contributed by atoms with Crippen LogP contribution in [-0.4, -0.2) is 44.0 Å². The minimum Gasteiger partial charge on any atom is -0.369 e. The van der Waals surface area contributed by atoms with E-state index in [9.17, 15) is 4.79 Å². The quantitative estimate of drug-likeness (QED) is 0.902. The van der Waals surface area contributed by atoms with Crippen LogP contribution in [0.1, 0.15) is 38.5 Å². The molecule has 1 amide bonds. The van der Waals surface area contributed by atoms with E-state index in [2.05, 4.69) is 46.4 Å². The van der Waals surface area contributed by atoms with Gasteiger partial charge in [0.05, 0.1) is 5.41 Å². The van der Waals surface area contributed by atoms with Gasteiger partial charge in [-0.2, -0.15) is 0 Å². The van der Waals surface area contributed by atoms with E-state index in [1.54, 1.807) is 0 Å². The SMILES string of the molecule is CN1CCN(c2ccc(NC(=O)C34CC5CC(CC(C5)C3)C4)cc2)CC1. The summed E-state index contributed by atoms with van der Waals surface area (Å²) in [5, 5.41) is 3.27. The minimum absolute atomic E-state index is 0.0646. The molecule has 26 heavy (non-hydrogen) atoms. The fraction of sp³-hybridized carbons (Fsp3) is 0.682. The monoisotopic (exact) mass is 353 g/mol. The lowest BCUT2D eigenvalue weighted by atomic mass is 9.49. The van der Waals surface area contributed by atoms with Crippen molar-refractivity contribution in [1.29, 1.82) is 0 Å². The van der Waals surface area contributed by atoms with Crippen LogP contribution < -0.4 is 10.2 Å². The Kier molecular flexibility index (Phi) is 4.00. The van der Waals surface area contributed by atoms with Crippen molar-refractivity contribution < 1.29 is 4.79 Å². The molecule has 5 aliphatic rings.